The monoisotopic (exact) mass is 326 g/mol. The molecule has 1 heterocycles. The average Bonchev–Trinajstić information content (AvgIpc) is 2.47. The van der Waals surface area contributed by atoms with Gasteiger partial charge in [0.15, 0.2) is 6.10 Å². The third-order valence-electron chi connectivity index (χ3n) is 4.39. The molecule has 0 spiro atoms. The van der Waals surface area contributed by atoms with Gasteiger partial charge in [-0.3, -0.25) is 4.79 Å². The van der Waals surface area contributed by atoms with Crippen LogP contribution in [0.15, 0.2) is 30.3 Å². The predicted octanol–water partition coefficient (Wildman–Crippen LogP) is 2.69. The van der Waals surface area contributed by atoms with E-state index in [1.165, 1.54) is 12.8 Å². The molecule has 2 N–H and O–H groups in total. The van der Waals surface area contributed by atoms with Gasteiger partial charge in [0.05, 0.1) is 0 Å². The minimum absolute atomic E-state index is 0. The van der Waals surface area contributed by atoms with Crippen molar-refractivity contribution < 1.29 is 9.53 Å². The van der Waals surface area contributed by atoms with Crippen molar-refractivity contribution in [3.63, 3.8) is 0 Å². The number of carbonyl (C=O) groups excluding carboxylic acids is 1. The highest BCUT2D eigenvalue weighted by Crippen LogP contribution is 2.29. The van der Waals surface area contributed by atoms with Gasteiger partial charge >= 0.3 is 0 Å². The van der Waals surface area contributed by atoms with Crippen LogP contribution in [-0.2, 0) is 9.53 Å². The summed E-state index contributed by atoms with van der Waals surface area (Å²) in [6.45, 7) is 6.16. The van der Waals surface area contributed by atoms with Gasteiger partial charge in [0.2, 0.25) is 0 Å². The smallest absolute Gasteiger partial charge is 0.253 e. The summed E-state index contributed by atoms with van der Waals surface area (Å²) < 4.78 is 5.36. The van der Waals surface area contributed by atoms with Gasteiger partial charge in [-0.15, -0.1) is 12.4 Å². The maximum absolute atomic E-state index is 12.4. The first-order valence-electron chi connectivity index (χ1n) is 7.63. The van der Waals surface area contributed by atoms with Gasteiger partial charge in [-0.1, -0.05) is 44.2 Å². The second-order valence-electron chi connectivity index (χ2n) is 6.37. The van der Waals surface area contributed by atoms with E-state index in [-0.39, 0.29) is 23.7 Å². The highest BCUT2D eigenvalue weighted by Gasteiger charge is 2.32. The Kier molecular flexibility index (Phi) is 7.33. The van der Waals surface area contributed by atoms with Crippen LogP contribution < -0.4 is 10.6 Å². The molecule has 1 amide bonds. The first-order valence-corrected chi connectivity index (χ1v) is 7.63. The molecule has 1 aliphatic heterocycles. The summed E-state index contributed by atoms with van der Waals surface area (Å²) in [5.74, 6) is -0.0770. The summed E-state index contributed by atoms with van der Waals surface area (Å²) in [6, 6.07) is 9.90. The van der Waals surface area contributed by atoms with Crippen LogP contribution in [0.1, 0.15) is 38.4 Å². The third kappa shape index (κ3) is 4.70. The van der Waals surface area contributed by atoms with Crippen LogP contribution in [0.3, 0.4) is 0 Å². The van der Waals surface area contributed by atoms with Gasteiger partial charge in [0.1, 0.15) is 0 Å². The standard InChI is InChI=1S/C17H26N2O2.ClH/c1-17(2)10-7-11-18-14(17)12-19-16(20)15(21-3)13-8-5-4-6-9-13;/h4-6,8-9,14-15,18H,7,10-12H2,1-3H3,(H,19,20);1H. The van der Waals surface area contributed by atoms with Crippen LogP contribution in [0.4, 0.5) is 0 Å². The third-order valence-corrected chi connectivity index (χ3v) is 4.39. The molecule has 1 fully saturated rings. The second-order valence-corrected chi connectivity index (χ2v) is 6.37. The van der Waals surface area contributed by atoms with Crippen molar-refractivity contribution in [3.8, 4) is 0 Å². The number of nitrogens with one attached hydrogen (secondary N) is 2. The van der Waals surface area contributed by atoms with E-state index in [4.69, 9.17) is 4.74 Å². The van der Waals surface area contributed by atoms with Crippen molar-refractivity contribution in [2.75, 3.05) is 20.2 Å². The average molecular weight is 327 g/mol. The van der Waals surface area contributed by atoms with Crippen molar-refractivity contribution in [2.45, 2.75) is 38.8 Å². The molecule has 2 atom stereocenters. The van der Waals surface area contributed by atoms with Crippen LogP contribution in [0, 0.1) is 5.41 Å². The summed E-state index contributed by atoms with van der Waals surface area (Å²) in [5.41, 5.74) is 1.09. The summed E-state index contributed by atoms with van der Waals surface area (Å²) in [4.78, 5) is 12.4. The van der Waals surface area contributed by atoms with Gasteiger partial charge in [-0.05, 0) is 30.4 Å². The Morgan fingerprint density at radius 1 is 1.41 bits per heavy atom. The summed E-state index contributed by atoms with van der Waals surface area (Å²) in [6.07, 6.45) is 1.84. The zero-order chi connectivity index (χ0) is 15.3. The van der Waals surface area contributed by atoms with Gasteiger partial charge in [-0.25, -0.2) is 0 Å². The molecule has 2 rings (SSSR count). The van der Waals surface area contributed by atoms with Crippen molar-refractivity contribution in [2.24, 2.45) is 5.41 Å². The molecule has 0 saturated carbocycles. The molecule has 22 heavy (non-hydrogen) atoms. The number of hydrogen-bond acceptors (Lipinski definition) is 3. The lowest BCUT2D eigenvalue weighted by atomic mass is 9.77. The summed E-state index contributed by atoms with van der Waals surface area (Å²) in [5, 5.41) is 6.54. The SMILES string of the molecule is COC(C(=O)NCC1NCCCC1(C)C)c1ccccc1.Cl. The Bertz CT molecular complexity index is 465. The number of amides is 1. The molecule has 0 aliphatic carbocycles. The number of rotatable bonds is 5. The van der Waals surface area contributed by atoms with Gasteiger partial charge in [-0.2, -0.15) is 0 Å². The fourth-order valence-electron chi connectivity index (χ4n) is 2.94. The predicted molar refractivity (Wildman–Crippen MR) is 91.3 cm³/mol. The lowest BCUT2D eigenvalue weighted by Gasteiger charge is -2.39. The van der Waals surface area contributed by atoms with E-state index >= 15 is 0 Å². The summed E-state index contributed by atoms with van der Waals surface area (Å²) >= 11 is 0. The molecular weight excluding hydrogens is 300 g/mol. The molecule has 0 bridgehead atoms. The maximum atomic E-state index is 12.4. The maximum Gasteiger partial charge on any atom is 0.253 e. The highest BCUT2D eigenvalue weighted by atomic mass is 35.5. The van der Waals surface area contributed by atoms with Crippen molar-refractivity contribution in [1.82, 2.24) is 10.6 Å². The molecule has 5 heteroatoms. The molecule has 1 aromatic carbocycles. The first kappa shape index (κ1) is 18.9. The molecule has 4 nitrogen and oxygen atoms in total. The second kappa shape index (κ2) is 8.51. The quantitative estimate of drug-likeness (QED) is 0.874. The number of carbonyl (C=O) groups is 1. The number of piperidine rings is 1. The van der Waals surface area contributed by atoms with Crippen molar-refractivity contribution in [3.05, 3.63) is 35.9 Å². The normalized spacial score (nSPS) is 21.5. The Labute approximate surface area is 139 Å². The van der Waals surface area contributed by atoms with Crippen LogP contribution in [0.2, 0.25) is 0 Å². The first-order chi connectivity index (χ1) is 10.0. The Morgan fingerprint density at radius 2 is 2.09 bits per heavy atom. The highest BCUT2D eigenvalue weighted by molar-refractivity contribution is 5.85. The lowest BCUT2D eigenvalue weighted by molar-refractivity contribution is -0.131. The van der Waals surface area contributed by atoms with Gasteiger partial charge < -0.3 is 15.4 Å². The van der Waals surface area contributed by atoms with E-state index in [1.807, 2.05) is 30.3 Å². The Balaban J connectivity index is 0.00000242. The fourth-order valence-corrected chi connectivity index (χ4v) is 2.94. The largest absolute Gasteiger partial charge is 0.367 e. The molecule has 1 aliphatic rings. The van der Waals surface area contributed by atoms with Gasteiger partial charge in [0.25, 0.3) is 5.91 Å². The van der Waals surface area contributed by atoms with Gasteiger partial charge in [0, 0.05) is 19.7 Å². The number of benzene rings is 1. The minimum atomic E-state index is -0.544. The zero-order valence-electron chi connectivity index (χ0n) is 13.6. The van der Waals surface area contributed by atoms with Crippen LogP contribution in [0.5, 0.6) is 0 Å². The lowest BCUT2D eigenvalue weighted by Crippen LogP contribution is -2.53. The molecule has 1 saturated heterocycles. The number of methoxy groups -OCH3 is 1. The van der Waals surface area contributed by atoms with Crippen molar-refractivity contribution >= 4 is 18.3 Å². The van der Waals surface area contributed by atoms with E-state index in [9.17, 15) is 4.79 Å². The molecule has 0 radical (unpaired) electrons. The van der Waals surface area contributed by atoms with Crippen LogP contribution in [0.25, 0.3) is 0 Å². The molecule has 2 unspecified atom stereocenters. The zero-order valence-corrected chi connectivity index (χ0v) is 14.4. The van der Waals surface area contributed by atoms with Crippen LogP contribution in [-0.4, -0.2) is 32.1 Å². The number of ether oxygens (including phenoxy) is 1. The topological polar surface area (TPSA) is 50.4 Å². The molecule has 124 valence electrons. The van der Waals surface area contributed by atoms with E-state index in [0.29, 0.717) is 12.6 Å². The number of hydrogen-bond donors (Lipinski definition) is 2. The molecular formula is C17H27ClN2O2. The number of halogens is 1. The molecule has 0 aromatic heterocycles. The fraction of sp³-hybridized carbons (Fsp3) is 0.588. The molecule has 1 aromatic rings. The van der Waals surface area contributed by atoms with Crippen molar-refractivity contribution in [1.29, 1.82) is 0 Å². The Hall–Kier alpha value is -1.10. The van der Waals surface area contributed by atoms with E-state index in [0.717, 1.165) is 12.1 Å². The Morgan fingerprint density at radius 3 is 2.68 bits per heavy atom. The minimum Gasteiger partial charge on any atom is -0.367 e. The van der Waals surface area contributed by atoms with Crippen LogP contribution >= 0.6 is 12.4 Å². The van der Waals surface area contributed by atoms with E-state index in [1.54, 1.807) is 7.11 Å². The van der Waals surface area contributed by atoms with E-state index < -0.39 is 6.10 Å². The summed E-state index contributed by atoms with van der Waals surface area (Å²) in [7, 11) is 1.57. The van der Waals surface area contributed by atoms with E-state index in [2.05, 4.69) is 24.5 Å².